The number of carbonyl (C=O) groups is 1. The third-order valence-electron chi connectivity index (χ3n) is 5.51. The van der Waals surface area contributed by atoms with Gasteiger partial charge in [-0.15, -0.1) is 0 Å². The highest BCUT2D eigenvalue weighted by Gasteiger charge is 2.35. The summed E-state index contributed by atoms with van der Waals surface area (Å²) >= 11 is 0. The Morgan fingerprint density at radius 3 is 2.84 bits per heavy atom. The van der Waals surface area contributed by atoms with Crippen molar-refractivity contribution in [2.24, 2.45) is 5.92 Å². The summed E-state index contributed by atoms with van der Waals surface area (Å²) in [6.45, 7) is 4.38. The lowest BCUT2D eigenvalue weighted by Crippen LogP contribution is -2.32. The number of amides is 1. The molecule has 1 aliphatic heterocycles. The van der Waals surface area contributed by atoms with E-state index in [0.29, 0.717) is 18.0 Å². The van der Waals surface area contributed by atoms with Crippen molar-refractivity contribution in [2.45, 2.75) is 38.8 Å². The number of methoxy groups -OCH3 is 1. The average molecular weight is 415 g/mol. The number of hydrogen-bond acceptors (Lipinski definition) is 4. The third-order valence-corrected chi connectivity index (χ3v) is 5.51. The van der Waals surface area contributed by atoms with Crippen LogP contribution in [0.4, 0.5) is 5.69 Å². The van der Waals surface area contributed by atoms with E-state index < -0.39 is 5.60 Å². The van der Waals surface area contributed by atoms with Crippen LogP contribution < -0.4 is 14.4 Å². The number of carbonyl (C=O) groups excluding carboxylic acids is 1. The summed E-state index contributed by atoms with van der Waals surface area (Å²) in [5.41, 5.74) is 3.10. The Kier molecular flexibility index (Phi) is 5.56. The summed E-state index contributed by atoms with van der Waals surface area (Å²) in [5.74, 6) is 1.54. The normalized spacial score (nSPS) is 16.3. The Balaban J connectivity index is 1.72. The van der Waals surface area contributed by atoms with Gasteiger partial charge < -0.3 is 14.4 Å². The average Bonchev–Trinajstić information content (AvgIpc) is 3.60. The first kappa shape index (κ1) is 20.7. The number of anilines is 1. The third kappa shape index (κ3) is 4.49. The number of fused-ring (bicyclic) bond motifs is 1. The number of rotatable bonds is 6. The van der Waals surface area contributed by atoms with E-state index >= 15 is 0 Å². The fourth-order valence-corrected chi connectivity index (χ4v) is 3.74. The van der Waals surface area contributed by atoms with Crippen molar-refractivity contribution in [1.29, 1.82) is 5.26 Å². The molecule has 1 saturated carbocycles. The van der Waals surface area contributed by atoms with Crippen molar-refractivity contribution in [3.05, 3.63) is 65.2 Å². The Morgan fingerprint density at radius 2 is 2.13 bits per heavy atom. The topological polar surface area (TPSA) is 62.6 Å². The van der Waals surface area contributed by atoms with Crippen molar-refractivity contribution >= 4 is 23.7 Å². The molecule has 1 fully saturated rings. The molecule has 5 nitrogen and oxygen atoms in total. The van der Waals surface area contributed by atoms with Crippen LogP contribution in [0.25, 0.3) is 12.2 Å². The maximum atomic E-state index is 13.2. The summed E-state index contributed by atoms with van der Waals surface area (Å²) in [5, 5.41) is 8.83. The van der Waals surface area contributed by atoms with E-state index in [4.69, 9.17) is 14.7 Å². The maximum absolute atomic E-state index is 13.2. The van der Waals surface area contributed by atoms with E-state index in [-0.39, 0.29) is 11.8 Å². The molecule has 0 unspecified atom stereocenters. The maximum Gasteiger partial charge on any atom is 0.230 e. The molecule has 2 aromatic carbocycles. The van der Waals surface area contributed by atoms with Gasteiger partial charge in [-0.25, -0.2) is 0 Å². The van der Waals surface area contributed by atoms with Gasteiger partial charge in [-0.2, -0.15) is 5.26 Å². The molecule has 5 heteroatoms. The van der Waals surface area contributed by atoms with Crippen molar-refractivity contribution in [2.75, 3.05) is 12.0 Å². The van der Waals surface area contributed by atoms with Gasteiger partial charge in [0.15, 0.2) is 11.5 Å². The van der Waals surface area contributed by atoms with Gasteiger partial charge in [-0.3, -0.25) is 4.79 Å². The zero-order chi connectivity index (χ0) is 22.0. The minimum absolute atomic E-state index is 0.0695. The van der Waals surface area contributed by atoms with E-state index in [1.807, 2.05) is 73.4 Å². The molecular formula is C26H26N2O3. The van der Waals surface area contributed by atoms with Crippen molar-refractivity contribution in [3.63, 3.8) is 0 Å². The zero-order valence-corrected chi connectivity index (χ0v) is 18.1. The van der Waals surface area contributed by atoms with Crippen LogP contribution in [-0.4, -0.2) is 18.6 Å². The van der Waals surface area contributed by atoms with Crippen molar-refractivity contribution < 1.29 is 14.3 Å². The van der Waals surface area contributed by atoms with E-state index in [2.05, 4.69) is 0 Å². The van der Waals surface area contributed by atoms with Gasteiger partial charge in [0.05, 0.1) is 19.7 Å². The van der Waals surface area contributed by atoms with Gasteiger partial charge in [0.1, 0.15) is 5.60 Å². The van der Waals surface area contributed by atoms with E-state index in [9.17, 15) is 4.79 Å². The summed E-state index contributed by atoms with van der Waals surface area (Å²) in [4.78, 5) is 15.0. The second-order valence-corrected chi connectivity index (χ2v) is 8.47. The smallest absolute Gasteiger partial charge is 0.230 e. The highest BCUT2D eigenvalue weighted by Crippen LogP contribution is 2.42. The Bertz CT molecular complexity index is 1100. The fraction of sp³-hybridized carbons (Fsp3) is 0.308. The van der Waals surface area contributed by atoms with Gasteiger partial charge in [-0.1, -0.05) is 30.3 Å². The lowest BCUT2D eigenvalue weighted by Gasteiger charge is -2.31. The molecule has 2 aromatic rings. The minimum Gasteiger partial charge on any atom is -0.492 e. The molecule has 0 bridgehead atoms. The number of ether oxygens (including phenoxy) is 2. The molecule has 158 valence electrons. The summed E-state index contributed by atoms with van der Waals surface area (Å²) < 4.78 is 12.0. The molecule has 4 rings (SSSR count). The lowest BCUT2D eigenvalue weighted by atomic mass is 9.99. The van der Waals surface area contributed by atoms with Gasteiger partial charge >= 0.3 is 0 Å². The summed E-state index contributed by atoms with van der Waals surface area (Å²) in [6.07, 6.45) is 9.09. The molecule has 31 heavy (non-hydrogen) atoms. The zero-order valence-electron chi connectivity index (χ0n) is 18.1. The Morgan fingerprint density at radius 1 is 1.32 bits per heavy atom. The molecule has 0 radical (unpaired) electrons. The largest absolute Gasteiger partial charge is 0.492 e. The monoisotopic (exact) mass is 414 g/mol. The summed E-state index contributed by atoms with van der Waals surface area (Å²) in [7, 11) is 1.63. The van der Waals surface area contributed by atoms with Crippen LogP contribution in [0.3, 0.4) is 0 Å². The highest BCUT2D eigenvalue weighted by molar-refractivity contribution is 5.96. The Labute approximate surface area is 183 Å². The minimum atomic E-state index is -0.427. The van der Waals surface area contributed by atoms with Gasteiger partial charge in [-0.05, 0) is 56.5 Å². The van der Waals surface area contributed by atoms with Crippen molar-refractivity contribution in [1.82, 2.24) is 0 Å². The first-order chi connectivity index (χ1) is 14.9. The van der Waals surface area contributed by atoms with Crippen LogP contribution in [0.1, 0.15) is 43.4 Å². The van der Waals surface area contributed by atoms with Gasteiger partial charge in [0.25, 0.3) is 0 Å². The molecule has 1 amide bonds. The molecule has 0 atom stereocenters. The second kappa shape index (κ2) is 8.31. The number of nitrogens with zero attached hydrogens (tertiary/aromatic N) is 2. The van der Waals surface area contributed by atoms with Crippen LogP contribution in [0, 0.1) is 17.2 Å². The molecule has 1 aliphatic carbocycles. The molecule has 2 aliphatic rings. The SMILES string of the molecule is COc1c(CN(C(=O)C2CC2)c2cccc(C=CC#N)c2)ccc2c1OC(C)(C)C=C2. The van der Waals surface area contributed by atoms with Crippen LogP contribution in [-0.2, 0) is 11.3 Å². The van der Waals surface area contributed by atoms with Gasteiger partial charge in [0.2, 0.25) is 5.91 Å². The molecule has 0 spiro atoms. The predicted octanol–water partition coefficient (Wildman–Crippen LogP) is 5.36. The lowest BCUT2D eigenvalue weighted by molar-refractivity contribution is -0.119. The fourth-order valence-electron chi connectivity index (χ4n) is 3.74. The number of benzene rings is 2. The first-order valence-corrected chi connectivity index (χ1v) is 10.5. The quantitative estimate of drug-likeness (QED) is 0.597. The molecule has 0 N–H and O–H groups in total. The number of allylic oxidation sites excluding steroid dienone is 1. The van der Waals surface area contributed by atoms with Crippen LogP contribution in [0.5, 0.6) is 11.5 Å². The van der Waals surface area contributed by atoms with Crippen LogP contribution in [0.2, 0.25) is 0 Å². The molecule has 1 heterocycles. The predicted molar refractivity (Wildman–Crippen MR) is 122 cm³/mol. The summed E-state index contributed by atoms with van der Waals surface area (Å²) in [6, 6.07) is 13.7. The van der Waals surface area contributed by atoms with Crippen LogP contribution in [0.15, 0.2) is 48.6 Å². The van der Waals surface area contributed by atoms with E-state index in [0.717, 1.165) is 35.2 Å². The molecular weight excluding hydrogens is 388 g/mol. The van der Waals surface area contributed by atoms with E-state index in [1.165, 1.54) is 6.08 Å². The van der Waals surface area contributed by atoms with Crippen molar-refractivity contribution in [3.8, 4) is 17.6 Å². The number of nitriles is 1. The number of hydrogen-bond donors (Lipinski definition) is 0. The Hall–Kier alpha value is -3.52. The highest BCUT2D eigenvalue weighted by atomic mass is 16.5. The molecule has 0 saturated heterocycles. The van der Waals surface area contributed by atoms with Gasteiger partial charge in [0, 0.05) is 28.8 Å². The second-order valence-electron chi connectivity index (χ2n) is 8.47. The van der Waals surface area contributed by atoms with Crippen LogP contribution >= 0.6 is 0 Å². The standard InChI is InChI=1S/C26H26N2O3/c1-26(2)14-13-19-9-12-21(23(30-3)24(19)31-26)17-28(25(29)20-10-11-20)22-8-4-6-18(16-22)7-5-15-27/h4-9,12-14,16,20H,10-11,17H2,1-3H3. The first-order valence-electron chi connectivity index (χ1n) is 10.5. The molecule has 0 aromatic heterocycles. The van der Waals surface area contributed by atoms with E-state index in [1.54, 1.807) is 13.2 Å².